The van der Waals surface area contributed by atoms with Crippen molar-refractivity contribution < 1.29 is 0 Å². The number of rotatable bonds is 0. The van der Waals surface area contributed by atoms with E-state index in [1.807, 2.05) is 36.4 Å². The molecule has 9 heavy (non-hydrogen) atoms. The number of hydrogen-bond donors (Lipinski definition) is 0. The van der Waals surface area contributed by atoms with E-state index in [0.29, 0.717) is 0 Å². The van der Waals surface area contributed by atoms with E-state index in [-0.39, 0.29) is 7.43 Å². The molecular weight excluding hydrogens is 112 g/mol. The summed E-state index contributed by atoms with van der Waals surface area (Å²) in [6.07, 6.45) is 0. The van der Waals surface area contributed by atoms with Gasteiger partial charge in [-0.2, -0.15) is 0 Å². The van der Waals surface area contributed by atoms with E-state index in [1.165, 1.54) is 0 Å². The highest BCUT2D eigenvalue weighted by Gasteiger charge is 1.57. The van der Waals surface area contributed by atoms with Crippen LogP contribution in [0.4, 0.5) is 0 Å². The highest BCUT2D eigenvalue weighted by molar-refractivity contribution is 4.99. The molecule has 0 unspecified atom stereocenters. The van der Waals surface area contributed by atoms with Crippen LogP contribution in [0, 0.1) is 10.8 Å². The molecule has 2 heteroatoms. The van der Waals surface area contributed by atoms with Gasteiger partial charge in [0.05, 0.1) is 0 Å². The fourth-order valence-electron chi connectivity index (χ4n) is 0.385. The van der Waals surface area contributed by atoms with Gasteiger partial charge in [-0.15, -0.1) is 0 Å². The van der Waals surface area contributed by atoms with Crippen LogP contribution in [0.15, 0.2) is 36.4 Å². The maximum Gasteiger partial charge on any atom is 0 e. The van der Waals surface area contributed by atoms with Crippen molar-refractivity contribution in [3.8, 4) is 0 Å². The first-order valence-corrected chi connectivity index (χ1v) is 2.20. The van der Waals surface area contributed by atoms with Gasteiger partial charge in [0.15, 0.2) is 0 Å². The van der Waals surface area contributed by atoms with Gasteiger partial charge in [-0.05, 0) is 0 Å². The van der Waals surface area contributed by atoms with Crippen LogP contribution in [0.25, 0.3) is 0 Å². The molecule has 1 aromatic carbocycles. The highest BCUT2D eigenvalue weighted by Crippen LogP contribution is 1.79. The Labute approximate surface area is 55.6 Å². The molecule has 48 valence electrons. The molecule has 0 atom stereocenters. The van der Waals surface area contributed by atoms with Gasteiger partial charge in [0.1, 0.15) is 0 Å². The summed E-state index contributed by atoms with van der Waals surface area (Å²) in [5.41, 5.74) is 0. The normalized spacial score (nSPS) is 5.56. The van der Waals surface area contributed by atoms with Gasteiger partial charge in [-0.1, -0.05) is 43.8 Å². The molecule has 1 aromatic rings. The van der Waals surface area contributed by atoms with E-state index in [0.717, 1.165) is 0 Å². The lowest BCUT2D eigenvalue weighted by Crippen LogP contribution is -1.47. The van der Waals surface area contributed by atoms with Gasteiger partial charge < -0.3 is 0 Å². The van der Waals surface area contributed by atoms with E-state index in [1.54, 1.807) is 0 Å². The van der Waals surface area contributed by atoms with Gasteiger partial charge in [0.2, 0.25) is 0 Å². The van der Waals surface area contributed by atoms with E-state index in [4.69, 9.17) is 10.8 Å². The molecular formula is C7H10N2. The topological polar surface area (TPSA) is 47.6 Å². The van der Waals surface area contributed by atoms with Crippen LogP contribution < -0.4 is 0 Å². The first-order chi connectivity index (χ1) is 4.00. The summed E-state index contributed by atoms with van der Waals surface area (Å²) < 4.78 is 0. The van der Waals surface area contributed by atoms with Crippen LogP contribution in [0.5, 0.6) is 0 Å². The first kappa shape index (κ1) is 10.6. The molecule has 0 N–H and O–H groups in total. The molecule has 1 rings (SSSR count). The molecule has 0 fully saturated rings. The Morgan fingerprint density at radius 1 is 0.556 bits per heavy atom. The van der Waals surface area contributed by atoms with Gasteiger partial charge in [-0.3, -0.25) is 0 Å². The van der Waals surface area contributed by atoms with E-state index >= 15 is 0 Å². The Kier molecular flexibility index (Phi) is 11.5. The minimum Gasteiger partial charge on any atom is -0.0776 e. The molecule has 0 aliphatic rings. The van der Waals surface area contributed by atoms with Crippen molar-refractivity contribution in [2.45, 2.75) is 7.43 Å². The molecule has 0 aliphatic carbocycles. The maximum atomic E-state index is 6.00. The lowest BCUT2D eigenvalue weighted by atomic mass is 10.4. The van der Waals surface area contributed by atoms with Crippen LogP contribution in [0.3, 0.4) is 0 Å². The van der Waals surface area contributed by atoms with Crippen LogP contribution in [0.2, 0.25) is 0 Å². The lowest BCUT2D eigenvalue weighted by molar-refractivity contribution is 1.15. The van der Waals surface area contributed by atoms with Crippen LogP contribution in [-0.2, 0) is 0 Å². The molecule has 0 saturated carbocycles. The summed E-state index contributed by atoms with van der Waals surface area (Å²) in [7, 11) is 0. The van der Waals surface area contributed by atoms with Gasteiger partial charge in [0, 0.05) is 10.8 Å². The minimum absolute atomic E-state index is 0. The second-order valence-electron chi connectivity index (χ2n) is 1.15. The Morgan fingerprint density at radius 2 is 0.667 bits per heavy atom. The van der Waals surface area contributed by atoms with Crippen LogP contribution >= 0.6 is 0 Å². The molecule has 0 spiro atoms. The van der Waals surface area contributed by atoms with Crippen LogP contribution in [-0.4, -0.2) is 0 Å². The number of hydrogen-bond acceptors (Lipinski definition) is 2. The van der Waals surface area contributed by atoms with Gasteiger partial charge in [0.25, 0.3) is 0 Å². The molecule has 0 bridgehead atoms. The fourth-order valence-corrected chi connectivity index (χ4v) is 0.385. The Morgan fingerprint density at radius 3 is 0.778 bits per heavy atom. The average molecular weight is 122 g/mol. The molecule has 0 saturated heterocycles. The zero-order valence-corrected chi connectivity index (χ0v) is 4.36. The predicted molar refractivity (Wildman–Crippen MR) is 36.6 cm³/mol. The maximum absolute atomic E-state index is 6.00. The standard InChI is InChI=1S/C6H6.CH4.N2/c1-2-4-6-5-3-1;;1-2/h1-6H;1H4;. The second-order valence-corrected chi connectivity index (χ2v) is 1.15. The monoisotopic (exact) mass is 122 g/mol. The summed E-state index contributed by atoms with van der Waals surface area (Å²) in [5.74, 6) is 0. The van der Waals surface area contributed by atoms with Gasteiger partial charge >= 0.3 is 0 Å². The zero-order chi connectivity index (χ0) is 6.24. The third-order valence-electron chi connectivity index (χ3n) is 0.667. The third-order valence-corrected chi connectivity index (χ3v) is 0.667. The smallest absolute Gasteiger partial charge is 0 e. The van der Waals surface area contributed by atoms with E-state index in [2.05, 4.69) is 0 Å². The molecule has 0 amide bonds. The van der Waals surface area contributed by atoms with E-state index < -0.39 is 0 Å². The highest BCUT2D eigenvalue weighted by atomic mass is 14.6. The summed E-state index contributed by atoms with van der Waals surface area (Å²) in [6, 6.07) is 12.0. The predicted octanol–water partition coefficient (Wildman–Crippen LogP) is 2.35. The fraction of sp³-hybridized carbons (Fsp3) is 0.143. The molecule has 0 radical (unpaired) electrons. The summed E-state index contributed by atoms with van der Waals surface area (Å²) in [5, 5.41) is 12.0. The van der Waals surface area contributed by atoms with Crippen LogP contribution in [0.1, 0.15) is 7.43 Å². The number of benzene rings is 1. The average Bonchev–Trinajstić information content (AvgIpc) is 1.96. The minimum atomic E-state index is 0. The lowest BCUT2D eigenvalue weighted by Gasteiger charge is -1.69. The van der Waals surface area contributed by atoms with Crippen molar-refractivity contribution in [3.63, 3.8) is 0 Å². The largest absolute Gasteiger partial charge is 0.0776 e. The molecule has 0 aliphatic heterocycles. The Bertz CT molecular complexity index is 107. The summed E-state index contributed by atoms with van der Waals surface area (Å²) in [6.45, 7) is 0. The van der Waals surface area contributed by atoms with Crippen molar-refractivity contribution >= 4 is 0 Å². The summed E-state index contributed by atoms with van der Waals surface area (Å²) >= 11 is 0. The SMILES string of the molecule is C.N#N.c1ccccc1. The van der Waals surface area contributed by atoms with Crippen molar-refractivity contribution in [3.05, 3.63) is 36.4 Å². The van der Waals surface area contributed by atoms with Crippen molar-refractivity contribution in [1.29, 1.82) is 10.8 Å². The quantitative estimate of drug-likeness (QED) is 0.496. The second kappa shape index (κ2) is 9.81. The summed E-state index contributed by atoms with van der Waals surface area (Å²) in [4.78, 5) is 0. The zero-order valence-electron chi connectivity index (χ0n) is 4.36. The molecule has 0 heterocycles. The first-order valence-electron chi connectivity index (χ1n) is 2.20. The third kappa shape index (κ3) is 6.64. The van der Waals surface area contributed by atoms with E-state index in [9.17, 15) is 0 Å². The Hall–Kier alpha value is -1.36. The molecule has 2 nitrogen and oxygen atoms in total. The molecule has 0 aromatic heterocycles. The van der Waals surface area contributed by atoms with Crippen molar-refractivity contribution in [1.82, 2.24) is 0 Å². The van der Waals surface area contributed by atoms with Crippen molar-refractivity contribution in [2.75, 3.05) is 0 Å². The Balaban J connectivity index is 0. The van der Waals surface area contributed by atoms with Crippen molar-refractivity contribution in [2.24, 2.45) is 0 Å². The number of nitrogens with zero attached hydrogens (tertiary/aromatic N) is 2. The van der Waals surface area contributed by atoms with Gasteiger partial charge in [-0.25, -0.2) is 0 Å².